The van der Waals surface area contributed by atoms with Crippen molar-refractivity contribution in [1.82, 2.24) is 9.80 Å². The van der Waals surface area contributed by atoms with Gasteiger partial charge in [0, 0.05) is 37.2 Å². The Balaban J connectivity index is 1.48. The number of thiocarbonyl (C=S) groups is 2. The van der Waals surface area contributed by atoms with E-state index in [-0.39, 0.29) is 0 Å². The number of hydrogen-bond donors (Lipinski definition) is 0. The molecular weight excluding hydrogens is 581 g/mol. The first-order valence-electron chi connectivity index (χ1n) is 15.9. The van der Waals surface area contributed by atoms with Gasteiger partial charge in [0.25, 0.3) is 0 Å². The van der Waals surface area contributed by atoms with Gasteiger partial charge in [-0.25, -0.2) is 0 Å². The van der Waals surface area contributed by atoms with E-state index in [1.807, 2.05) is 32.4 Å². The number of rotatable bonds is 20. The smallest absolute Gasteiger partial charge is 0.147 e. The standard InChI is InChI=1S/C30H56N2S6/c1-2-3-4-5-9-14-21-28(36-38-30(34)32-25-18-13-19-26-32)22-15-10-7-6-8-11-20-27-35-37-29(33)31-23-16-12-17-24-31/h28H,2-27H2,1H3. The van der Waals surface area contributed by atoms with E-state index in [4.69, 9.17) is 24.4 Å². The highest BCUT2D eigenvalue weighted by Crippen LogP contribution is 2.36. The maximum atomic E-state index is 5.80. The van der Waals surface area contributed by atoms with E-state index in [0.29, 0.717) is 0 Å². The predicted octanol–water partition coefficient (Wildman–Crippen LogP) is 11.5. The molecule has 0 saturated carbocycles. The van der Waals surface area contributed by atoms with Gasteiger partial charge in [0.15, 0.2) is 0 Å². The third-order valence-electron chi connectivity index (χ3n) is 7.75. The molecule has 2 aliphatic rings. The number of hydrogen-bond acceptors (Lipinski definition) is 6. The van der Waals surface area contributed by atoms with Gasteiger partial charge in [0.1, 0.15) is 8.64 Å². The minimum absolute atomic E-state index is 0.777. The zero-order valence-corrected chi connectivity index (χ0v) is 29.2. The molecule has 2 heterocycles. The summed E-state index contributed by atoms with van der Waals surface area (Å²) in [6, 6.07) is 0. The van der Waals surface area contributed by atoms with Crippen LogP contribution < -0.4 is 0 Å². The highest BCUT2D eigenvalue weighted by molar-refractivity contribution is 8.84. The zero-order chi connectivity index (χ0) is 27.1. The molecule has 0 bridgehead atoms. The molecule has 0 N–H and O–H groups in total. The highest BCUT2D eigenvalue weighted by atomic mass is 33.1. The monoisotopic (exact) mass is 636 g/mol. The molecule has 2 saturated heterocycles. The van der Waals surface area contributed by atoms with Crippen molar-refractivity contribution in [1.29, 1.82) is 0 Å². The maximum absolute atomic E-state index is 5.80. The molecule has 1 unspecified atom stereocenters. The molecule has 0 amide bonds. The minimum atomic E-state index is 0.777. The van der Waals surface area contributed by atoms with Crippen LogP contribution >= 0.6 is 67.6 Å². The number of piperidine rings is 2. The number of nitrogens with zero attached hydrogens (tertiary/aromatic N) is 2. The van der Waals surface area contributed by atoms with E-state index in [0.717, 1.165) is 13.9 Å². The van der Waals surface area contributed by atoms with E-state index in [9.17, 15) is 0 Å². The molecule has 2 nitrogen and oxygen atoms in total. The molecule has 0 aromatic carbocycles. The zero-order valence-electron chi connectivity index (χ0n) is 24.3. The fourth-order valence-corrected chi connectivity index (χ4v) is 11.0. The van der Waals surface area contributed by atoms with Crippen molar-refractivity contribution >= 4 is 76.3 Å². The van der Waals surface area contributed by atoms with Crippen LogP contribution in [0, 0.1) is 0 Å². The van der Waals surface area contributed by atoms with Crippen LogP contribution in [0.3, 0.4) is 0 Å². The predicted molar refractivity (Wildman–Crippen MR) is 190 cm³/mol. The number of unbranched alkanes of at least 4 members (excludes halogenated alkanes) is 11. The van der Waals surface area contributed by atoms with Gasteiger partial charge in [-0.15, -0.1) is 0 Å². The van der Waals surface area contributed by atoms with Crippen molar-refractivity contribution < 1.29 is 0 Å². The molecule has 0 radical (unpaired) electrons. The highest BCUT2D eigenvalue weighted by Gasteiger charge is 2.17. The average molecular weight is 637 g/mol. The molecule has 0 aromatic rings. The second kappa shape index (κ2) is 24.7. The SMILES string of the molecule is CCCCCCCCC(CCCCCCCCCSSC(=S)N1CCCCC1)SSC(=S)N1CCCCC1. The molecule has 2 rings (SSSR count). The fraction of sp³-hybridized carbons (Fsp3) is 0.933. The maximum Gasteiger partial charge on any atom is 0.147 e. The van der Waals surface area contributed by atoms with Crippen molar-refractivity contribution in [2.45, 2.75) is 147 Å². The van der Waals surface area contributed by atoms with E-state index in [2.05, 4.69) is 27.5 Å². The summed E-state index contributed by atoms with van der Waals surface area (Å²) in [5.74, 6) is 1.24. The molecule has 1 atom stereocenters. The largest absolute Gasteiger partial charge is 0.357 e. The van der Waals surface area contributed by atoms with E-state index in [1.54, 1.807) is 0 Å². The number of likely N-dealkylation sites (tertiary alicyclic amines) is 2. The minimum Gasteiger partial charge on any atom is -0.357 e. The Hall–Kier alpha value is 1.18. The van der Waals surface area contributed by atoms with Crippen molar-refractivity contribution in [3.8, 4) is 0 Å². The van der Waals surface area contributed by atoms with Crippen molar-refractivity contribution in [2.75, 3.05) is 31.9 Å². The van der Waals surface area contributed by atoms with Gasteiger partial charge in [0.05, 0.1) is 0 Å². The molecule has 0 aromatic heterocycles. The lowest BCUT2D eigenvalue weighted by molar-refractivity contribution is 0.352. The molecule has 222 valence electrons. The third kappa shape index (κ3) is 17.9. The summed E-state index contributed by atoms with van der Waals surface area (Å²) in [6.07, 6.45) is 28.9. The molecule has 0 spiro atoms. The van der Waals surface area contributed by atoms with Crippen molar-refractivity contribution in [2.24, 2.45) is 0 Å². The van der Waals surface area contributed by atoms with Crippen LogP contribution in [0.15, 0.2) is 0 Å². The lowest BCUT2D eigenvalue weighted by Crippen LogP contribution is -2.32. The Kier molecular flexibility index (Phi) is 23.0. The Morgan fingerprint density at radius 2 is 1.03 bits per heavy atom. The van der Waals surface area contributed by atoms with E-state index in [1.165, 1.54) is 167 Å². The van der Waals surface area contributed by atoms with Gasteiger partial charge >= 0.3 is 0 Å². The van der Waals surface area contributed by atoms with Crippen LogP contribution in [0.5, 0.6) is 0 Å². The summed E-state index contributed by atoms with van der Waals surface area (Å²) in [5.41, 5.74) is 0. The van der Waals surface area contributed by atoms with Gasteiger partial charge in [0.2, 0.25) is 0 Å². The Morgan fingerprint density at radius 3 is 1.55 bits per heavy atom. The summed E-state index contributed by atoms with van der Waals surface area (Å²) in [5, 5.41) is 0.777. The van der Waals surface area contributed by atoms with Gasteiger partial charge in [-0.2, -0.15) is 0 Å². The third-order valence-corrected chi connectivity index (χ3v) is 14.5. The summed E-state index contributed by atoms with van der Waals surface area (Å²) >= 11 is 11.4. The topological polar surface area (TPSA) is 6.48 Å². The molecular formula is C30H56N2S6. The second-order valence-electron chi connectivity index (χ2n) is 11.2. The van der Waals surface area contributed by atoms with E-state index >= 15 is 0 Å². The fourth-order valence-electron chi connectivity index (χ4n) is 5.27. The van der Waals surface area contributed by atoms with Crippen LogP contribution in [0.2, 0.25) is 0 Å². The van der Waals surface area contributed by atoms with Crippen molar-refractivity contribution in [3.05, 3.63) is 0 Å². The van der Waals surface area contributed by atoms with Gasteiger partial charge < -0.3 is 9.80 Å². The van der Waals surface area contributed by atoms with E-state index < -0.39 is 0 Å². The van der Waals surface area contributed by atoms with Gasteiger partial charge in [-0.05, 0) is 79.4 Å². The summed E-state index contributed by atoms with van der Waals surface area (Å²) in [7, 11) is 7.83. The second-order valence-corrected chi connectivity index (χ2v) is 17.3. The van der Waals surface area contributed by atoms with Crippen LogP contribution in [0.1, 0.15) is 142 Å². The molecule has 8 heteroatoms. The lowest BCUT2D eigenvalue weighted by atomic mass is 10.0. The first-order valence-corrected chi connectivity index (χ1v) is 21.3. The summed E-state index contributed by atoms with van der Waals surface area (Å²) in [6.45, 7) is 7.02. The average Bonchev–Trinajstić information content (AvgIpc) is 2.96. The quantitative estimate of drug-likeness (QED) is 0.0730. The lowest BCUT2D eigenvalue weighted by Gasteiger charge is -2.28. The van der Waals surface area contributed by atoms with Gasteiger partial charge in [-0.1, -0.05) is 130 Å². The van der Waals surface area contributed by atoms with Gasteiger partial charge in [-0.3, -0.25) is 0 Å². The first-order chi connectivity index (χ1) is 18.7. The molecule has 0 aliphatic carbocycles. The normalized spacial score (nSPS) is 17.1. The van der Waals surface area contributed by atoms with Crippen LogP contribution in [0.4, 0.5) is 0 Å². The van der Waals surface area contributed by atoms with Crippen molar-refractivity contribution in [3.63, 3.8) is 0 Å². The summed E-state index contributed by atoms with van der Waals surface area (Å²) < 4.78 is 2.27. The van der Waals surface area contributed by atoms with Crippen LogP contribution in [0.25, 0.3) is 0 Å². The Morgan fingerprint density at radius 1 is 0.579 bits per heavy atom. The molecule has 38 heavy (non-hydrogen) atoms. The Bertz CT molecular complexity index is 593. The van der Waals surface area contributed by atoms with Crippen LogP contribution in [-0.4, -0.2) is 55.6 Å². The van der Waals surface area contributed by atoms with Crippen LogP contribution in [-0.2, 0) is 0 Å². The summed E-state index contributed by atoms with van der Waals surface area (Å²) in [4.78, 5) is 4.87. The molecule has 2 aliphatic heterocycles. The first kappa shape index (κ1) is 35.4. The molecule has 2 fully saturated rings. The Labute approximate surface area is 263 Å².